The summed E-state index contributed by atoms with van der Waals surface area (Å²) in [5, 5.41) is 0.0987. The van der Waals surface area contributed by atoms with Gasteiger partial charge in [-0.1, -0.05) is 0 Å². The van der Waals surface area contributed by atoms with E-state index in [2.05, 4.69) is 4.18 Å². The minimum absolute atomic E-state index is 0.00360. The van der Waals surface area contributed by atoms with Crippen LogP contribution in [0, 0.1) is 6.92 Å². The lowest BCUT2D eigenvalue weighted by Gasteiger charge is -2.16. The highest BCUT2D eigenvalue weighted by Crippen LogP contribution is 2.41. The van der Waals surface area contributed by atoms with Gasteiger partial charge in [-0.05, 0) is 36.8 Å². The van der Waals surface area contributed by atoms with Crippen molar-refractivity contribution < 1.29 is 40.0 Å². The molecule has 25 heavy (non-hydrogen) atoms. The maximum Gasteiger partial charge on any atom is 0.534 e. The van der Waals surface area contributed by atoms with E-state index < -0.39 is 27.3 Å². The Balaban J connectivity index is 2.76. The number of carbonyl (C=O) groups is 1. The first-order chi connectivity index (χ1) is 11.5. The van der Waals surface area contributed by atoms with Crippen LogP contribution in [0.25, 0.3) is 10.8 Å². The van der Waals surface area contributed by atoms with E-state index in [0.717, 1.165) is 19.1 Å². The summed E-state index contributed by atoms with van der Waals surface area (Å²) in [4.78, 5) is 11.2. The molecule has 0 saturated heterocycles. The topological polar surface area (TPSA) is 78.9 Å². The molecule has 0 aromatic heterocycles. The van der Waals surface area contributed by atoms with Crippen LogP contribution in [0.15, 0.2) is 24.3 Å². The molecule has 0 aliphatic heterocycles. The SMILES string of the molecule is COc1cc(C)cc2c(OS(=O)(=O)C(F)(F)F)ccc(OC(C)=O)c12. The van der Waals surface area contributed by atoms with E-state index in [4.69, 9.17) is 9.47 Å². The summed E-state index contributed by atoms with van der Waals surface area (Å²) in [6.45, 7) is 2.77. The molecule has 0 N–H and O–H groups in total. The first-order valence-corrected chi connectivity index (χ1v) is 8.17. The normalized spacial score (nSPS) is 12.1. The molecular formula is C15H13F3O6S. The first-order valence-electron chi connectivity index (χ1n) is 6.77. The summed E-state index contributed by atoms with van der Waals surface area (Å²) in [6, 6.07) is 5.05. The summed E-state index contributed by atoms with van der Waals surface area (Å²) in [5.41, 5.74) is -5.01. The van der Waals surface area contributed by atoms with Crippen molar-refractivity contribution >= 4 is 26.9 Å². The molecule has 6 nitrogen and oxygen atoms in total. The molecule has 0 fully saturated rings. The number of methoxy groups -OCH3 is 1. The highest BCUT2D eigenvalue weighted by atomic mass is 32.2. The number of hydrogen-bond acceptors (Lipinski definition) is 6. The Labute approximate surface area is 141 Å². The van der Waals surface area contributed by atoms with Crippen molar-refractivity contribution in [1.29, 1.82) is 0 Å². The summed E-state index contributed by atoms with van der Waals surface area (Å²) in [6.07, 6.45) is 0. The van der Waals surface area contributed by atoms with Crippen molar-refractivity contribution in [1.82, 2.24) is 0 Å². The molecule has 0 aliphatic rings. The van der Waals surface area contributed by atoms with Crippen molar-refractivity contribution in [2.24, 2.45) is 0 Å². The minimum Gasteiger partial charge on any atom is -0.496 e. The fourth-order valence-corrected chi connectivity index (χ4v) is 2.64. The average molecular weight is 378 g/mol. The number of carbonyl (C=O) groups excluding carboxylic acids is 1. The number of aryl methyl sites for hydroxylation is 1. The number of esters is 1. The van der Waals surface area contributed by atoms with Crippen molar-refractivity contribution in [3.8, 4) is 17.2 Å². The number of rotatable bonds is 4. The van der Waals surface area contributed by atoms with Crippen molar-refractivity contribution in [3.63, 3.8) is 0 Å². The van der Waals surface area contributed by atoms with Gasteiger partial charge in [-0.3, -0.25) is 4.79 Å². The molecule has 0 saturated carbocycles. The van der Waals surface area contributed by atoms with Crippen LogP contribution >= 0.6 is 0 Å². The second kappa shape index (κ2) is 6.43. The van der Waals surface area contributed by atoms with Gasteiger partial charge >= 0.3 is 21.6 Å². The van der Waals surface area contributed by atoms with E-state index in [1.165, 1.54) is 13.2 Å². The van der Waals surface area contributed by atoms with Gasteiger partial charge in [0.25, 0.3) is 0 Å². The Bertz CT molecular complexity index is 934. The molecule has 0 aliphatic carbocycles. The van der Waals surface area contributed by atoms with E-state index in [1.807, 2.05) is 0 Å². The van der Waals surface area contributed by atoms with Crippen LogP contribution in [-0.2, 0) is 14.9 Å². The van der Waals surface area contributed by atoms with Gasteiger partial charge in [0.05, 0.1) is 12.5 Å². The monoisotopic (exact) mass is 378 g/mol. The van der Waals surface area contributed by atoms with Crippen LogP contribution in [0.3, 0.4) is 0 Å². The van der Waals surface area contributed by atoms with Crippen LogP contribution in [0.2, 0.25) is 0 Å². The van der Waals surface area contributed by atoms with E-state index in [0.29, 0.717) is 5.56 Å². The zero-order chi connectivity index (χ0) is 19.0. The van der Waals surface area contributed by atoms with Crippen molar-refractivity contribution in [2.45, 2.75) is 19.4 Å². The Kier molecular flexibility index (Phi) is 4.85. The quantitative estimate of drug-likeness (QED) is 0.352. The minimum atomic E-state index is -5.86. The molecule has 0 radical (unpaired) electrons. The zero-order valence-corrected chi connectivity index (χ0v) is 14.1. The van der Waals surface area contributed by atoms with Crippen LogP contribution < -0.4 is 13.7 Å². The fourth-order valence-electron chi connectivity index (χ4n) is 2.17. The van der Waals surface area contributed by atoms with Crippen molar-refractivity contribution in [3.05, 3.63) is 29.8 Å². The van der Waals surface area contributed by atoms with Crippen molar-refractivity contribution in [2.75, 3.05) is 7.11 Å². The lowest BCUT2D eigenvalue weighted by molar-refractivity contribution is -0.131. The third-order valence-electron chi connectivity index (χ3n) is 3.10. The van der Waals surface area contributed by atoms with E-state index in [-0.39, 0.29) is 22.3 Å². The summed E-state index contributed by atoms with van der Waals surface area (Å²) in [7, 11) is -4.55. The lowest BCUT2D eigenvalue weighted by atomic mass is 10.0. The smallest absolute Gasteiger partial charge is 0.496 e. The maximum atomic E-state index is 12.6. The third-order valence-corrected chi connectivity index (χ3v) is 4.07. The molecule has 0 atom stereocenters. The predicted molar refractivity (Wildman–Crippen MR) is 82.1 cm³/mol. The first kappa shape index (κ1) is 18.8. The van der Waals surface area contributed by atoms with E-state index in [9.17, 15) is 26.4 Å². The highest BCUT2D eigenvalue weighted by molar-refractivity contribution is 7.88. The number of fused-ring (bicyclic) bond motifs is 1. The largest absolute Gasteiger partial charge is 0.534 e. The molecule has 0 spiro atoms. The van der Waals surface area contributed by atoms with Gasteiger partial charge in [0.2, 0.25) is 0 Å². The Morgan fingerprint density at radius 3 is 2.20 bits per heavy atom. The van der Waals surface area contributed by atoms with Crippen LogP contribution in [0.5, 0.6) is 17.2 Å². The number of benzene rings is 2. The van der Waals surface area contributed by atoms with Gasteiger partial charge in [-0.25, -0.2) is 0 Å². The molecule has 2 aromatic carbocycles. The molecule has 2 rings (SSSR count). The number of alkyl halides is 3. The van der Waals surface area contributed by atoms with E-state index >= 15 is 0 Å². The Morgan fingerprint density at radius 2 is 1.68 bits per heavy atom. The molecule has 2 aromatic rings. The number of ether oxygens (including phenoxy) is 2. The van der Waals surface area contributed by atoms with Crippen LogP contribution in [0.1, 0.15) is 12.5 Å². The Morgan fingerprint density at radius 1 is 1.08 bits per heavy atom. The third kappa shape index (κ3) is 3.78. The van der Waals surface area contributed by atoms with Crippen LogP contribution in [0.4, 0.5) is 13.2 Å². The molecule has 0 bridgehead atoms. The molecule has 0 amide bonds. The second-order valence-electron chi connectivity index (χ2n) is 5.03. The molecule has 10 heteroatoms. The number of halogens is 3. The zero-order valence-electron chi connectivity index (χ0n) is 13.3. The maximum absolute atomic E-state index is 12.6. The van der Waals surface area contributed by atoms with Crippen LogP contribution in [-0.4, -0.2) is 27.0 Å². The molecule has 0 heterocycles. The molecule has 0 unspecified atom stereocenters. The standard InChI is InChI=1S/C15H13F3O6S/c1-8-6-10-11(24-25(20,21)15(16,17)18)4-5-12(23-9(2)19)14(10)13(7-8)22-3/h4-7H,1-3H3. The summed E-state index contributed by atoms with van der Waals surface area (Å²) < 4.78 is 74.8. The van der Waals surface area contributed by atoms with Gasteiger partial charge in [0.1, 0.15) is 11.5 Å². The van der Waals surface area contributed by atoms with E-state index in [1.54, 1.807) is 13.0 Å². The summed E-state index contributed by atoms with van der Waals surface area (Å²) in [5.74, 6) is -1.05. The highest BCUT2D eigenvalue weighted by Gasteiger charge is 2.48. The van der Waals surface area contributed by atoms with Gasteiger partial charge in [0, 0.05) is 12.3 Å². The van der Waals surface area contributed by atoms with Gasteiger partial charge < -0.3 is 13.7 Å². The summed E-state index contributed by atoms with van der Waals surface area (Å²) >= 11 is 0. The predicted octanol–water partition coefficient (Wildman–Crippen LogP) is 3.31. The van der Waals surface area contributed by atoms with Gasteiger partial charge in [0.15, 0.2) is 5.75 Å². The molecule has 136 valence electrons. The fraction of sp³-hybridized carbons (Fsp3) is 0.267. The second-order valence-corrected chi connectivity index (χ2v) is 6.57. The Hall–Kier alpha value is -2.49. The number of hydrogen-bond donors (Lipinski definition) is 0. The van der Waals surface area contributed by atoms with Gasteiger partial charge in [-0.15, -0.1) is 0 Å². The van der Waals surface area contributed by atoms with Gasteiger partial charge in [-0.2, -0.15) is 21.6 Å². The molecular weight excluding hydrogens is 365 g/mol. The lowest BCUT2D eigenvalue weighted by Crippen LogP contribution is -2.28. The average Bonchev–Trinajstić information content (AvgIpc) is 2.46.